The predicted molar refractivity (Wildman–Crippen MR) is 76.6 cm³/mol. The zero-order valence-corrected chi connectivity index (χ0v) is 12.4. The SMILES string of the molecule is CCNC(c1cc(F)ccc1OC)C1CN(C)CCO1. The van der Waals surface area contributed by atoms with Gasteiger partial charge in [-0.1, -0.05) is 6.92 Å². The minimum absolute atomic E-state index is 0.00981. The number of nitrogens with one attached hydrogen (secondary N) is 1. The van der Waals surface area contributed by atoms with Gasteiger partial charge in [0.2, 0.25) is 0 Å². The summed E-state index contributed by atoms with van der Waals surface area (Å²) in [7, 11) is 3.68. The number of benzene rings is 1. The fourth-order valence-corrected chi connectivity index (χ4v) is 2.62. The summed E-state index contributed by atoms with van der Waals surface area (Å²) in [5, 5.41) is 3.39. The van der Waals surface area contributed by atoms with Gasteiger partial charge in [-0.2, -0.15) is 0 Å². The monoisotopic (exact) mass is 282 g/mol. The van der Waals surface area contributed by atoms with Crippen molar-refractivity contribution in [3.05, 3.63) is 29.6 Å². The van der Waals surface area contributed by atoms with Gasteiger partial charge in [0.15, 0.2) is 0 Å². The van der Waals surface area contributed by atoms with Gasteiger partial charge in [-0.25, -0.2) is 4.39 Å². The molecule has 0 aliphatic carbocycles. The van der Waals surface area contributed by atoms with Crippen molar-refractivity contribution in [1.82, 2.24) is 10.2 Å². The van der Waals surface area contributed by atoms with Crippen molar-refractivity contribution >= 4 is 0 Å². The van der Waals surface area contributed by atoms with Gasteiger partial charge in [0, 0.05) is 18.7 Å². The maximum absolute atomic E-state index is 13.6. The van der Waals surface area contributed by atoms with Crippen molar-refractivity contribution in [1.29, 1.82) is 0 Å². The Hall–Kier alpha value is -1.17. The fourth-order valence-electron chi connectivity index (χ4n) is 2.62. The summed E-state index contributed by atoms with van der Waals surface area (Å²) in [6.45, 7) is 5.26. The molecule has 5 heteroatoms. The van der Waals surface area contributed by atoms with Crippen LogP contribution >= 0.6 is 0 Å². The van der Waals surface area contributed by atoms with Gasteiger partial charge in [0.25, 0.3) is 0 Å². The summed E-state index contributed by atoms with van der Waals surface area (Å²) in [6, 6.07) is 4.54. The molecule has 2 rings (SSSR count). The lowest BCUT2D eigenvalue weighted by molar-refractivity contribution is -0.0393. The van der Waals surface area contributed by atoms with E-state index < -0.39 is 0 Å². The van der Waals surface area contributed by atoms with Gasteiger partial charge in [0.1, 0.15) is 11.6 Å². The van der Waals surface area contributed by atoms with Crippen LogP contribution in [-0.4, -0.2) is 51.4 Å². The van der Waals surface area contributed by atoms with Gasteiger partial charge in [-0.15, -0.1) is 0 Å². The minimum Gasteiger partial charge on any atom is -0.496 e. The molecule has 1 aromatic rings. The summed E-state index contributed by atoms with van der Waals surface area (Å²) in [4.78, 5) is 2.23. The van der Waals surface area contributed by atoms with Gasteiger partial charge in [-0.3, -0.25) is 0 Å². The first-order valence-electron chi connectivity index (χ1n) is 7.02. The molecule has 112 valence electrons. The average Bonchev–Trinajstić information content (AvgIpc) is 2.44. The van der Waals surface area contributed by atoms with E-state index in [4.69, 9.17) is 9.47 Å². The summed E-state index contributed by atoms with van der Waals surface area (Å²) >= 11 is 0. The highest BCUT2D eigenvalue weighted by Crippen LogP contribution is 2.30. The zero-order valence-electron chi connectivity index (χ0n) is 12.4. The number of hydrogen-bond donors (Lipinski definition) is 1. The third kappa shape index (κ3) is 3.48. The van der Waals surface area contributed by atoms with Gasteiger partial charge in [-0.05, 0) is 31.8 Å². The molecule has 1 heterocycles. The largest absolute Gasteiger partial charge is 0.496 e. The summed E-state index contributed by atoms with van der Waals surface area (Å²) in [6.07, 6.45) is -0.00981. The quantitative estimate of drug-likeness (QED) is 0.893. The molecule has 4 nitrogen and oxygen atoms in total. The molecule has 1 aliphatic rings. The number of methoxy groups -OCH3 is 1. The second-order valence-electron chi connectivity index (χ2n) is 5.09. The number of morpholine rings is 1. The first kappa shape index (κ1) is 15.2. The lowest BCUT2D eigenvalue weighted by atomic mass is 9.98. The molecule has 0 bridgehead atoms. The number of nitrogens with zero attached hydrogens (tertiary/aromatic N) is 1. The highest BCUT2D eigenvalue weighted by Gasteiger charge is 2.29. The minimum atomic E-state index is -0.257. The number of halogens is 1. The lowest BCUT2D eigenvalue weighted by Crippen LogP contribution is -2.46. The van der Waals surface area contributed by atoms with Crippen LogP contribution in [0, 0.1) is 5.82 Å². The molecule has 1 aromatic carbocycles. The van der Waals surface area contributed by atoms with Gasteiger partial charge >= 0.3 is 0 Å². The molecule has 20 heavy (non-hydrogen) atoms. The van der Waals surface area contributed by atoms with E-state index >= 15 is 0 Å². The Balaban J connectivity index is 2.29. The number of hydrogen-bond acceptors (Lipinski definition) is 4. The second kappa shape index (κ2) is 7.02. The van der Waals surface area contributed by atoms with E-state index in [1.54, 1.807) is 13.2 Å². The first-order valence-corrected chi connectivity index (χ1v) is 7.02. The molecule has 0 amide bonds. The predicted octanol–water partition coefficient (Wildman–Crippen LogP) is 1.82. The molecule has 1 fully saturated rings. The molecule has 0 aromatic heterocycles. The van der Waals surface area contributed by atoms with E-state index in [1.165, 1.54) is 12.1 Å². The van der Waals surface area contributed by atoms with Crippen LogP contribution in [0.3, 0.4) is 0 Å². The van der Waals surface area contributed by atoms with Crippen LogP contribution in [0.25, 0.3) is 0 Å². The average molecular weight is 282 g/mol. The van der Waals surface area contributed by atoms with Crippen LogP contribution in [0.1, 0.15) is 18.5 Å². The standard InChI is InChI=1S/C15H23FN2O2/c1-4-17-15(14-10-18(2)7-8-20-14)12-9-11(16)5-6-13(12)19-3/h5-6,9,14-15,17H,4,7-8,10H2,1-3H3. The van der Waals surface area contributed by atoms with Gasteiger partial charge in [0.05, 0.1) is 25.9 Å². The number of likely N-dealkylation sites (N-methyl/N-ethyl adjacent to an activating group) is 2. The molecular formula is C15H23FN2O2. The maximum Gasteiger partial charge on any atom is 0.123 e. The van der Waals surface area contributed by atoms with E-state index in [0.29, 0.717) is 12.4 Å². The van der Waals surface area contributed by atoms with Crippen LogP contribution < -0.4 is 10.1 Å². The highest BCUT2D eigenvalue weighted by atomic mass is 19.1. The van der Waals surface area contributed by atoms with Crippen molar-refractivity contribution < 1.29 is 13.9 Å². The Morgan fingerprint density at radius 2 is 2.35 bits per heavy atom. The zero-order chi connectivity index (χ0) is 14.5. The van der Waals surface area contributed by atoms with Crippen molar-refractivity contribution in [3.8, 4) is 5.75 Å². The van der Waals surface area contributed by atoms with Crippen LogP contribution in [0.15, 0.2) is 18.2 Å². The molecular weight excluding hydrogens is 259 g/mol. The highest BCUT2D eigenvalue weighted by molar-refractivity contribution is 5.37. The third-order valence-electron chi connectivity index (χ3n) is 3.62. The van der Waals surface area contributed by atoms with Crippen molar-refractivity contribution in [2.45, 2.75) is 19.1 Å². The molecule has 0 spiro atoms. The normalized spacial score (nSPS) is 21.7. The topological polar surface area (TPSA) is 33.7 Å². The third-order valence-corrected chi connectivity index (χ3v) is 3.62. The molecule has 2 atom stereocenters. The fraction of sp³-hybridized carbons (Fsp3) is 0.600. The Kier molecular flexibility index (Phi) is 5.34. The Morgan fingerprint density at radius 3 is 3.00 bits per heavy atom. The van der Waals surface area contributed by atoms with E-state index in [-0.39, 0.29) is 18.0 Å². The Bertz CT molecular complexity index is 442. The van der Waals surface area contributed by atoms with Crippen LogP contribution in [-0.2, 0) is 4.74 Å². The maximum atomic E-state index is 13.6. The Morgan fingerprint density at radius 1 is 1.55 bits per heavy atom. The summed E-state index contributed by atoms with van der Waals surface area (Å²) in [5.74, 6) is 0.432. The Labute approximate surface area is 119 Å². The summed E-state index contributed by atoms with van der Waals surface area (Å²) in [5.41, 5.74) is 0.814. The van der Waals surface area contributed by atoms with Crippen molar-refractivity contribution in [2.24, 2.45) is 0 Å². The molecule has 1 N–H and O–H groups in total. The van der Waals surface area contributed by atoms with Crippen molar-refractivity contribution in [3.63, 3.8) is 0 Å². The first-order chi connectivity index (χ1) is 9.65. The number of ether oxygens (including phenoxy) is 2. The van der Waals surface area contributed by atoms with Crippen LogP contribution in [0.5, 0.6) is 5.75 Å². The van der Waals surface area contributed by atoms with Gasteiger partial charge < -0.3 is 19.7 Å². The molecule has 0 saturated carbocycles. The lowest BCUT2D eigenvalue weighted by Gasteiger charge is -2.36. The van der Waals surface area contributed by atoms with E-state index in [0.717, 1.165) is 25.2 Å². The molecule has 2 unspecified atom stereocenters. The van der Waals surface area contributed by atoms with E-state index in [9.17, 15) is 4.39 Å². The molecule has 0 radical (unpaired) electrons. The van der Waals surface area contributed by atoms with E-state index in [1.807, 2.05) is 6.92 Å². The number of rotatable bonds is 5. The summed E-state index contributed by atoms with van der Waals surface area (Å²) < 4.78 is 24.8. The smallest absolute Gasteiger partial charge is 0.123 e. The second-order valence-corrected chi connectivity index (χ2v) is 5.09. The van der Waals surface area contributed by atoms with Crippen molar-refractivity contribution in [2.75, 3.05) is 40.4 Å². The molecule has 1 saturated heterocycles. The van der Waals surface area contributed by atoms with Crippen LogP contribution in [0.2, 0.25) is 0 Å². The van der Waals surface area contributed by atoms with Crippen LogP contribution in [0.4, 0.5) is 4.39 Å². The molecule has 1 aliphatic heterocycles. The van der Waals surface area contributed by atoms with E-state index in [2.05, 4.69) is 17.3 Å².